The van der Waals surface area contributed by atoms with Gasteiger partial charge in [-0.05, 0) is 17.5 Å². The average molecular weight is 228 g/mol. The number of halogens is 1. The number of carbonyl (C=O) groups excluding carboxylic acids is 1. The zero-order valence-electron chi connectivity index (χ0n) is 7.40. The number of thiophene rings is 1. The van der Waals surface area contributed by atoms with E-state index >= 15 is 0 Å². The molecule has 14 heavy (non-hydrogen) atoms. The molecule has 0 aliphatic heterocycles. The van der Waals surface area contributed by atoms with E-state index in [4.69, 9.17) is 5.73 Å². The van der Waals surface area contributed by atoms with Crippen LogP contribution in [0.1, 0.15) is 4.88 Å². The molecule has 0 atom stereocenters. The number of nitrogens with two attached hydrogens (primary N) is 1. The number of fused-ring (bicyclic) bond motifs is 1. The largest absolute Gasteiger partial charge is 0.369 e. The molecule has 0 aliphatic carbocycles. The predicted octanol–water partition coefficient (Wildman–Crippen LogP) is 2.35. The molecule has 1 amide bonds. The van der Waals surface area contributed by atoms with Crippen molar-refractivity contribution in [3.63, 3.8) is 0 Å². The number of benzene rings is 1. The SMILES string of the molecule is Cl.NC(=O)Cc1cc2ccccc2s1. The van der Waals surface area contributed by atoms with Crippen LogP contribution in [0, 0.1) is 0 Å². The van der Waals surface area contributed by atoms with Crippen molar-refractivity contribution in [2.75, 3.05) is 0 Å². The molecule has 0 aliphatic rings. The van der Waals surface area contributed by atoms with E-state index in [1.165, 1.54) is 10.1 Å². The summed E-state index contributed by atoms with van der Waals surface area (Å²) in [5.41, 5.74) is 5.11. The van der Waals surface area contributed by atoms with Gasteiger partial charge in [-0.15, -0.1) is 23.7 Å². The summed E-state index contributed by atoms with van der Waals surface area (Å²) < 4.78 is 1.21. The molecule has 0 unspecified atom stereocenters. The van der Waals surface area contributed by atoms with Crippen LogP contribution in [0.3, 0.4) is 0 Å². The quantitative estimate of drug-likeness (QED) is 0.841. The van der Waals surface area contributed by atoms with Crippen molar-refractivity contribution in [3.8, 4) is 0 Å². The Hall–Kier alpha value is -1.06. The lowest BCUT2D eigenvalue weighted by Gasteiger charge is -1.86. The molecule has 74 valence electrons. The van der Waals surface area contributed by atoms with E-state index in [1.807, 2.05) is 30.3 Å². The zero-order chi connectivity index (χ0) is 9.26. The average Bonchev–Trinajstić information content (AvgIpc) is 2.44. The highest BCUT2D eigenvalue weighted by molar-refractivity contribution is 7.19. The van der Waals surface area contributed by atoms with Crippen molar-refractivity contribution in [3.05, 3.63) is 35.2 Å². The lowest BCUT2D eigenvalue weighted by molar-refractivity contribution is -0.117. The number of carbonyl (C=O) groups is 1. The van der Waals surface area contributed by atoms with E-state index in [1.54, 1.807) is 11.3 Å². The molecule has 0 saturated heterocycles. The van der Waals surface area contributed by atoms with Crippen LogP contribution in [0.2, 0.25) is 0 Å². The molecular formula is C10H10ClNOS. The molecule has 1 aromatic carbocycles. The van der Waals surface area contributed by atoms with Crippen molar-refractivity contribution in [1.82, 2.24) is 0 Å². The molecule has 1 aromatic heterocycles. The van der Waals surface area contributed by atoms with Crippen LogP contribution >= 0.6 is 23.7 Å². The third-order valence-electron chi connectivity index (χ3n) is 1.83. The molecule has 2 N–H and O–H groups in total. The van der Waals surface area contributed by atoms with Gasteiger partial charge in [0.05, 0.1) is 6.42 Å². The lowest BCUT2D eigenvalue weighted by atomic mass is 10.2. The van der Waals surface area contributed by atoms with E-state index < -0.39 is 0 Å². The normalized spacial score (nSPS) is 9.71. The first-order valence-corrected chi connectivity index (χ1v) is 4.83. The van der Waals surface area contributed by atoms with Crippen molar-refractivity contribution in [1.29, 1.82) is 0 Å². The first-order chi connectivity index (χ1) is 6.25. The third kappa shape index (κ3) is 2.25. The lowest BCUT2D eigenvalue weighted by Crippen LogP contribution is -2.12. The molecule has 4 heteroatoms. The highest BCUT2D eigenvalue weighted by Crippen LogP contribution is 2.25. The fraction of sp³-hybridized carbons (Fsp3) is 0.100. The van der Waals surface area contributed by atoms with Gasteiger partial charge >= 0.3 is 0 Å². The molecule has 0 fully saturated rings. The Kier molecular flexibility index (Phi) is 3.49. The summed E-state index contributed by atoms with van der Waals surface area (Å²) >= 11 is 1.62. The number of hydrogen-bond acceptors (Lipinski definition) is 2. The van der Waals surface area contributed by atoms with Crippen LogP contribution < -0.4 is 5.73 Å². The van der Waals surface area contributed by atoms with Gasteiger partial charge in [-0.1, -0.05) is 18.2 Å². The Balaban J connectivity index is 0.000000980. The maximum atomic E-state index is 10.7. The zero-order valence-corrected chi connectivity index (χ0v) is 9.03. The maximum Gasteiger partial charge on any atom is 0.222 e. The molecule has 2 nitrogen and oxygen atoms in total. The van der Waals surface area contributed by atoms with Crippen LogP contribution in [-0.4, -0.2) is 5.91 Å². The van der Waals surface area contributed by atoms with E-state index in [0.29, 0.717) is 6.42 Å². The second-order valence-corrected chi connectivity index (χ2v) is 4.06. The number of rotatable bonds is 2. The summed E-state index contributed by atoms with van der Waals surface area (Å²) in [5, 5.41) is 1.18. The van der Waals surface area contributed by atoms with Crippen molar-refractivity contribution < 1.29 is 4.79 Å². The molecular weight excluding hydrogens is 218 g/mol. The van der Waals surface area contributed by atoms with E-state index in [9.17, 15) is 4.79 Å². The van der Waals surface area contributed by atoms with Gasteiger partial charge in [0.1, 0.15) is 0 Å². The number of amides is 1. The minimum Gasteiger partial charge on any atom is -0.369 e. The van der Waals surface area contributed by atoms with Gasteiger partial charge in [-0.3, -0.25) is 4.79 Å². The van der Waals surface area contributed by atoms with Gasteiger partial charge in [0.15, 0.2) is 0 Å². The van der Waals surface area contributed by atoms with E-state index in [2.05, 4.69) is 0 Å². The summed E-state index contributed by atoms with van der Waals surface area (Å²) in [5.74, 6) is -0.272. The topological polar surface area (TPSA) is 43.1 Å². The van der Waals surface area contributed by atoms with Gasteiger partial charge in [-0.2, -0.15) is 0 Å². The van der Waals surface area contributed by atoms with Gasteiger partial charge in [0.25, 0.3) is 0 Å². The Morgan fingerprint density at radius 3 is 2.71 bits per heavy atom. The summed E-state index contributed by atoms with van der Waals surface area (Å²) in [7, 11) is 0. The van der Waals surface area contributed by atoms with Crippen LogP contribution in [0.5, 0.6) is 0 Å². The Morgan fingerprint density at radius 2 is 2.07 bits per heavy atom. The summed E-state index contributed by atoms with van der Waals surface area (Å²) in [4.78, 5) is 11.7. The van der Waals surface area contributed by atoms with Gasteiger partial charge in [0, 0.05) is 9.58 Å². The Morgan fingerprint density at radius 1 is 1.36 bits per heavy atom. The molecule has 0 radical (unpaired) electrons. The van der Waals surface area contributed by atoms with Crippen molar-refractivity contribution in [2.24, 2.45) is 5.73 Å². The predicted molar refractivity (Wildman–Crippen MR) is 62.0 cm³/mol. The fourth-order valence-corrected chi connectivity index (χ4v) is 2.37. The fourth-order valence-electron chi connectivity index (χ4n) is 1.30. The summed E-state index contributed by atoms with van der Waals surface area (Å²) in [6.45, 7) is 0. The number of hydrogen-bond donors (Lipinski definition) is 1. The summed E-state index contributed by atoms with van der Waals surface area (Å²) in [6, 6.07) is 10.1. The van der Waals surface area contributed by atoms with Crippen molar-refractivity contribution in [2.45, 2.75) is 6.42 Å². The van der Waals surface area contributed by atoms with E-state index in [-0.39, 0.29) is 18.3 Å². The third-order valence-corrected chi connectivity index (χ3v) is 2.94. The molecule has 2 rings (SSSR count). The summed E-state index contributed by atoms with van der Waals surface area (Å²) in [6.07, 6.45) is 0.347. The van der Waals surface area contributed by atoms with Gasteiger partial charge < -0.3 is 5.73 Å². The first kappa shape index (κ1) is 11.0. The van der Waals surface area contributed by atoms with Crippen molar-refractivity contribution >= 4 is 39.7 Å². The molecule has 0 saturated carbocycles. The van der Waals surface area contributed by atoms with Crippen LogP contribution in [0.4, 0.5) is 0 Å². The van der Waals surface area contributed by atoms with E-state index in [0.717, 1.165) is 4.88 Å². The standard InChI is InChI=1S/C10H9NOS.ClH/c11-10(12)6-8-5-7-3-1-2-4-9(7)13-8;/h1-5H,6H2,(H2,11,12);1H. The van der Waals surface area contributed by atoms with Crippen LogP contribution in [-0.2, 0) is 11.2 Å². The first-order valence-electron chi connectivity index (χ1n) is 4.01. The smallest absolute Gasteiger partial charge is 0.222 e. The molecule has 0 spiro atoms. The molecule has 2 aromatic rings. The Bertz CT molecular complexity index is 419. The second-order valence-electron chi connectivity index (χ2n) is 2.89. The molecule has 1 heterocycles. The minimum atomic E-state index is -0.272. The Labute approximate surface area is 92.1 Å². The van der Waals surface area contributed by atoms with Crippen LogP contribution in [0.15, 0.2) is 30.3 Å². The highest BCUT2D eigenvalue weighted by Gasteiger charge is 2.03. The number of primary amides is 1. The monoisotopic (exact) mass is 227 g/mol. The minimum absolute atomic E-state index is 0. The van der Waals surface area contributed by atoms with Crippen LogP contribution in [0.25, 0.3) is 10.1 Å². The van der Waals surface area contributed by atoms with Gasteiger partial charge in [-0.25, -0.2) is 0 Å². The maximum absolute atomic E-state index is 10.7. The molecule has 0 bridgehead atoms. The highest BCUT2D eigenvalue weighted by atomic mass is 35.5. The van der Waals surface area contributed by atoms with Gasteiger partial charge in [0.2, 0.25) is 5.91 Å². The second kappa shape index (κ2) is 4.44.